The summed E-state index contributed by atoms with van der Waals surface area (Å²) in [7, 11) is 0. The van der Waals surface area contributed by atoms with Crippen LogP contribution >= 0.6 is 0 Å². The zero-order chi connectivity index (χ0) is 12.1. The third-order valence-corrected chi connectivity index (χ3v) is 2.10. The molecule has 0 aromatic carbocycles. The van der Waals surface area contributed by atoms with Gasteiger partial charge in [-0.25, -0.2) is 9.59 Å². The number of nitrogens with one attached hydrogen (secondary N) is 1. The SMILES string of the molecule is C[C@H](OC(=O)[C@@H]1CCCO1)C(=O)NC(N)=O. The molecule has 0 aliphatic carbocycles. The molecule has 90 valence electrons. The van der Waals surface area contributed by atoms with E-state index in [1.54, 1.807) is 0 Å². The second-order valence-corrected chi connectivity index (χ2v) is 3.43. The summed E-state index contributed by atoms with van der Waals surface area (Å²) in [6.07, 6.45) is -0.294. The van der Waals surface area contributed by atoms with E-state index >= 15 is 0 Å². The topological polar surface area (TPSA) is 108 Å². The van der Waals surface area contributed by atoms with E-state index in [0.717, 1.165) is 6.42 Å². The van der Waals surface area contributed by atoms with Gasteiger partial charge in [-0.3, -0.25) is 10.1 Å². The van der Waals surface area contributed by atoms with Gasteiger partial charge >= 0.3 is 12.0 Å². The number of rotatable bonds is 3. The summed E-state index contributed by atoms with van der Waals surface area (Å²) in [5.74, 6) is -1.34. The number of hydrogen-bond donors (Lipinski definition) is 2. The molecular formula is C9H14N2O5. The molecule has 1 fully saturated rings. The van der Waals surface area contributed by atoms with Gasteiger partial charge in [0, 0.05) is 6.61 Å². The van der Waals surface area contributed by atoms with Crippen LogP contribution in [-0.4, -0.2) is 36.7 Å². The van der Waals surface area contributed by atoms with Crippen LogP contribution in [0, 0.1) is 0 Å². The van der Waals surface area contributed by atoms with Crippen LogP contribution in [0.3, 0.4) is 0 Å². The third kappa shape index (κ3) is 3.50. The van der Waals surface area contributed by atoms with Gasteiger partial charge in [-0.1, -0.05) is 0 Å². The Morgan fingerprint density at radius 1 is 1.50 bits per heavy atom. The Balaban J connectivity index is 2.37. The average Bonchev–Trinajstić information content (AvgIpc) is 2.68. The molecule has 0 bridgehead atoms. The molecule has 3 amide bonds. The van der Waals surface area contributed by atoms with Gasteiger partial charge in [0.15, 0.2) is 12.2 Å². The van der Waals surface area contributed by atoms with Crippen molar-refractivity contribution in [2.45, 2.75) is 32.0 Å². The first kappa shape index (κ1) is 12.4. The van der Waals surface area contributed by atoms with Crippen molar-refractivity contribution >= 4 is 17.9 Å². The third-order valence-electron chi connectivity index (χ3n) is 2.10. The normalized spacial score (nSPS) is 21.2. The summed E-state index contributed by atoms with van der Waals surface area (Å²) in [6, 6.07) is -0.981. The van der Waals surface area contributed by atoms with Crippen LogP contribution in [0.4, 0.5) is 4.79 Å². The van der Waals surface area contributed by atoms with Crippen LogP contribution in [0.2, 0.25) is 0 Å². The maximum atomic E-state index is 11.4. The fraction of sp³-hybridized carbons (Fsp3) is 0.667. The maximum absolute atomic E-state index is 11.4. The van der Waals surface area contributed by atoms with Gasteiger partial charge < -0.3 is 15.2 Å². The lowest BCUT2D eigenvalue weighted by molar-refractivity contribution is -0.163. The fourth-order valence-electron chi connectivity index (χ4n) is 1.29. The number of carbonyl (C=O) groups excluding carboxylic acids is 3. The van der Waals surface area contributed by atoms with Gasteiger partial charge in [0.1, 0.15) is 0 Å². The molecule has 1 saturated heterocycles. The molecule has 1 heterocycles. The largest absolute Gasteiger partial charge is 0.451 e. The van der Waals surface area contributed by atoms with E-state index in [4.69, 9.17) is 15.2 Å². The number of hydrogen-bond acceptors (Lipinski definition) is 5. The van der Waals surface area contributed by atoms with E-state index in [0.29, 0.717) is 13.0 Å². The van der Waals surface area contributed by atoms with Crippen molar-refractivity contribution in [2.24, 2.45) is 5.73 Å². The first-order valence-electron chi connectivity index (χ1n) is 4.93. The predicted octanol–water partition coefficient (Wildman–Crippen LogP) is -0.708. The molecule has 7 nitrogen and oxygen atoms in total. The van der Waals surface area contributed by atoms with Crippen molar-refractivity contribution < 1.29 is 23.9 Å². The van der Waals surface area contributed by atoms with Crippen molar-refractivity contribution in [3.8, 4) is 0 Å². The second kappa shape index (κ2) is 5.45. The molecule has 0 saturated carbocycles. The summed E-state index contributed by atoms with van der Waals surface area (Å²) in [4.78, 5) is 33.0. The lowest BCUT2D eigenvalue weighted by Crippen LogP contribution is -2.43. The van der Waals surface area contributed by atoms with Crippen molar-refractivity contribution in [3.05, 3.63) is 0 Å². The van der Waals surface area contributed by atoms with Crippen LogP contribution in [0.1, 0.15) is 19.8 Å². The van der Waals surface area contributed by atoms with Gasteiger partial charge in [0.2, 0.25) is 0 Å². The van der Waals surface area contributed by atoms with Crippen LogP contribution in [0.15, 0.2) is 0 Å². The van der Waals surface area contributed by atoms with Gasteiger partial charge in [0.25, 0.3) is 5.91 Å². The highest BCUT2D eigenvalue weighted by atomic mass is 16.6. The predicted molar refractivity (Wildman–Crippen MR) is 52.3 cm³/mol. The quantitative estimate of drug-likeness (QED) is 0.623. The zero-order valence-corrected chi connectivity index (χ0v) is 8.89. The van der Waals surface area contributed by atoms with E-state index in [1.165, 1.54) is 6.92 Å². The second-order valence-electron chi connectivity index (χ2n) is 3.43. The summed E-state index contributed by atoms with van der Waals surface area (Å²) in [5.41, 5.74) is 4.75. The summed E-state index contributed by atoms with van der Waals surface area (Å²) >= 11 is 0. The van der Waals surface area contributed by atoms with E-state index in [2.05, 4.69) is 0 Å². The molecule has 0 radical (unpaired) electrons. The Labute approximate surface area is 92.3 Å². The Hall–Kier alpha value is -1.63. The van der Waals surface area contributed by atoms with E-state index < -0.39 is 30.1 Å². The Morgan fingerprint density at radius 2 is 2.19 bits per heavy atom. The lowest BCUT2D eigenvalue weighted by atomic mass is 10.2. The standard InChI is InChI=1S/C9H14N2O5/c1-5(7(12)11-9(10)14)16-8(13)6-3-2-4-15-6/h5-6H,2-4H2,1H3,(H3,10,11,12,14)/t5-,6-/m0/s1. The Morgan fingerprint density at radius 3 is 2.69 bits per heavy atom. The van der Waals surface area contributed by atoms with Gasteiger partial charge in [-0.2, -0.15) is 0 Å². The molecule has 0 spiro atoms. The lowest BCUT2D eigenvalue weighted by Gasteiger charge is -2.14. The molecule has 3 N–H and O–H groups in total. The van der Waals surface area contributed by atoms with Crippen LogP contribution in [-0.2, 0) is 19.1 Å². The van der Waals surface area contributed by atoms with Gasteiger partial charge in [-0.15, -0.1) is 0 Å². The molecule has 1 rings (SSSR count). The molecule has 0 unspecified atom stereocenters. The number of primary amides is 1. The average molecular weight is 230 g/mol. The summed E-state index contributed by atoms with van der Waals surface area (Å²) < 4.78 is 9.89. The van der Waals surface area contributed by atoms with Crippen LogP contribution < -0.4 is 11.1 Å². The number of ether oxygens (including phenoxy) is 2. The minimum absolute atomic E-state index is 0.516. The highest BCUT2D eigenvalue weighted by Gasteiger charge is 2.28. The van der Waals surface area contributed by atoms with Crippen molar-refractivity contribution in [2.75, 3.05) is 6.61 Å². The fourth-order valence-corrected chi connectivity index (χ4v) is 1.29. The molecule has 7 heteroatoms. The van der Waals surface area contributed by atoms with Gasteiger partial charge in [-0.05, 0) is 19.8 Å². The summed E-state index contributed by atoms with van der Waals surface area (Å²) in [5, 5.41) is 1.82. The highest BCUT2D eigenvalue weighted by Crippen LogP contribution is 2.14. The van der Waals surface area contributed by atoms with Crippen LogP contribution in [0.5, 0.6) is 0 Å². The number of imide groups is 1. The number of urea groups is 1. The molecule has 1 aliphatic heterocycles. The molecule has 0 aromatic heterocycles. The molecular weight excluding hydrogens is 216 g/mol. The molecule has 16 heavy (non-hydrogen) atoms. The zero-order valence-electron chi connectivity index (χ0n) is 8.89. The first-order chi connectivity index (χ1) is 7.50. The van der Waals surface area contributed by atoms with Crippen molar-refractivity contribution in [1.29, 1.82) is 0 Å². The number of amides is 3. The molecule has 0 aromatic rings. The number of esters is 1. The minimum atomic E-state index is -1.07. The van der Waals surface area contributed by atoms with Gasteiger partial charge in [0.05, 0.1) is 0 Å². The Kier molecular flexibility index (Phi) is 4.24. The van der Waals surface area contributed by atoms with E-state index in [9.17, 15) is 14.4 Å². The highest BCUT2D eigenvalue weighted by molar-refractivity contribution is 5.96. The Bertz CT molecular complexity index is 298. The van der Waals surface area contributed by atoms with E-state index in [-0.39, 0.29) is 0 Å². The minimum Gasteiger partial charge on any atom is -0.451 e. The van der Waals surface area contributed by atoms with Crippen molar-refractivity contribution in [3.63, 3.8) is 0 Å². The van der Waals surface area contributed by atoms with Crippen molar-refractivity contribution in [1.82, 2.24) is 5.32 Å². The van der Waals surface area contributed by atoms with E-state index in [1.807, 2.05) is 5.32 Å². The summed E-state index contributed by atoms with van der Waals surface area (Å²) in [6.45, 7) is 1.87. The number of carbonyl (C=O) groups is 3. The van der Waals surface area contributed by atoms with Crippen LogP contribution in [0.25, 0.3) is 0 Å². The molecule has 2 atom stereocenters. The maximum Gasteiger partial charge on any atom is 0.336 e. The smallest absolute Gasteiger partial charge is 0.336 e. The molecule has 1 aliphatic rings. The monoisotopic (exact) mass is 230 g/mol. The first-order valence-corrected chi connectivity index (χ1v) is 4.93. The number of nitrogens with two attached hydrogens (primary N) is 1.